The summed E-state index contributed by atoms with van der Waals surface area (Å²) in [6.45, 7) is 2.91. The van der Waals surface area contributed by atoms with Gasteiger partial charge in [-0.05, 0) is 41.8 Å². The zero-order chi connectivity index (χ0) is 19.6. The Morgan fingerprint density at radius 1 is 1.15 bits per heavy atom. The Hall–Kier alpha value is -3.02. The van der Waals surface area contributed by atoms with Crippen molar-refractivity contribution in [3.05, 3.63) is 59.7 Å². The van der Waals surface area contributed by atoms with Gasteiger partial charge in [0, 0.05) is 26.3 Å². The maximum absolute atomic E-state index is 12.2. The van der Waals surface area contributed by atoms with Gasteiger partial charge in [-0.3, -0.25) is 9.79 Å². The Kier molecular flexibility index (Phi) is 7.67. The number of methoxy groups -OCH3 is 1. The van der Waals surface area contributed by atoms with Crippen molar-refractivity contribution in [3.63, 3.8) is 0 Å². The van der Waals surface area contributed by atoms with Crippen LogP contribution in [-0.2, 0) is 17.8 Å². The number of nitrogens with one attached hydrogen (secondary N) is 2. The molecule has 2 N–H and O–H groups in total. The standard InChI is InChI=1S/C21H28N4O2/c1-5-16-7-6-8-18(13-16)24-20(26)14-23-21(22-2)25(3)15-17-9-11-19(27-4)12-10-17/h6-13H,5,14-15H2,1-4H3,(H,22,23)(H,24,26). The first-order valence-corrected chi connectivity index (χ1v) is 8.99. The van der Waals surface area contributed by atoms with Crippen molar-refractivity contribution in [1.82, 2.24) is 10.2 Å². The molecule has 0 bridgehead atoms. The number of carbonyl (C=O) groups excluding carboxylic acids is 1. The SMILES string of the molecule is CCc1cccc(NC(=O)CNC(=NC)N(C)Cc2ccc(OC)cc2)c1. The topological polar surface area (TPSA) is 66.0 Å². The van der Waals surface area contributed by atoms with Gasteiger partial charge in [0.25, 0.3) is 0 Å². The molecule has 27 heavy (non-hydrogen) atoms. The monoisotopic (exact) mass is 368 g/mol. The summed E-state index contributed by atoms with van der Waals surface area (Å²) in [5.41, 5.74) is 3.13. The second-order valence-corrected chi connectivity index (χ2v) is 6.21. The molecule has 0 saturated carbocycles. The summed E-state index contributed by atoms with van der Waals surface area (Å²) >= 11 is 0. The van der Waals surface area contributed by atoms with Gasteiger partial charge in [-0.2, -0.15) is 0 Å². The first-order valence-electron chi connectivity index (χ1n) is 8.99. The van der Waals surface area contributed by atoms with Gasteiger partial charge in [0.1, 0.15) is 5.75 Å². The highest BCUT2D eigenvalue weighted by Crippen LogP contribution is 2.13. The molecule has 0 unspecified atom stereocenters. The van der Waals surface area contributed by atoms with Crippen LogP contribution < -0.4 is 15.4 Å². The molecule has 2 aromatic rings. The average molecular weight is 368 g/mol. The smallest absolute Gasteiger partial charge is 0.243 e. The molecule has 0 heterocycles. The van der Waals surface area contributed by atoms with Crippen molar-refractivity contribution < 1.29 is 9.53 Å². The van der Waals surface area contributed by atoms with Gasteiger partial charge in [0.15, 0.2) is 5.96 Å². The van der Waals surface area contributed by atoms with Crippen LogP contribution in [0.4, 0.5) is 5.69 Å². The van der Waals surface area contributed by atoms with E-state index in [1.807, 2.05) is 60.5 Å². The molecule has 0 saturated heterocycles. The van der Waals surface area contributed by atoms with Gasteiger partial charge in [-0.15, -0.1) is 0 Å². The third-order valence-electron chi connectivity index (χ3n) is 4.18. The van der Waals surface area contributed by atoms with Crippen LogP contribution >= 0.6 is 0 Å². The quantitative estimate of drug-likeness (QED) is 0.583. The second kappa shape index (κ2) is 10.2. The minimum atomic E-state index is -0.109. The highest BCUT2D eigenvalue weighted by molar-refractivity contribution is 5.95. The Morgan fingerprint density at radius 3 is 2.52 bits per heavy atom. The summed E-state index contributed by atoms with van der Waals surface area (Å²) < 4.78 is 5.18. The van der Waals surface area contributed by atoms with E-state index in [-0.39, 0.29) is 12.5 Å². The first kappa shape index (κ1) is 20.3. The summed E-state index contributed by atoms with van der Waals surface area (Å²) in [7, 11) is 5.29. The molecule has 0 fully saturated rings. The van der Waals surface area contributed by atoms with E-state index in [9.17, 15) is 4.79 Å². The predicted octanol–water partition coefficient (Wildman–Crippen LogP) is 2.90. The molecule has 6 nitrogen and oxygen atoms in total. The molecule has 0 aliphatic rings. The number of aryl methyl sites for hydroxylation is 1. The van der Waals surface area contributed by atoms with E-state index < -0.39 is 0 Å². The summed E-state index contributed by atoms with van der Waals surface area (Å²) in [5, 5.41) is 6.01. The van der Waals surface area contributed by atoms with Gasteiger partial charge in [-0.25, -0.2) is 0 Å². The Balaban J connectivity index is 1.86. The summed E-state index contributed by atoms with van der Waals surface area (Å²) in [6.07, 6.45) is 0.935. The molecular weight excluding hydrogens is 340 g/mol. The summed E-state index contributed by atoms with van der Waals surface area (Å²) in [6, 6.07) is 15.7. The molecule has 0 radical (unpaired) electrons. The number of amides is 1. The van der Waals surface area contributed by atoms with Crippen molar-refractivity contribution >= 4 is 17.6 Å². The van der Waals surface area contributed by atoms with Gasteiger partial charge in [0.05, 0.1) is 13.7 Å². The fraction of sp³-hybridized carbons (Fsp3) is 0.333. The molecule has 1 amide bonds. The van der Waals surface area contributed by atoms with E-state index >= 15 is 0 Å². The maximum Gasteiger partial charge on any atom is 0.243 e. The summed E-state index contributed by atoms with van der Waals surface area (Å²) in [5.74, 6) is 1.37. The predicted molar refractivity (Wildman–Crippen MR) is 110 cm³/mol. The molecule has 2 aromatic carbocycles. The Morgan fingerprint density at radius 2 is 1.89 bits per heavy atom. The minimum absolute atomic E-state index is 0.109. The third-order valence-corrected chi connectivity index (χ3v) is 4.18. The number of benzene rings is 2. The molecule has 0 aromatic heterocycles. The van der Waals surface area contributed by atoms with Crippen LogP contribution in [0, 0.1) is 0 Å². The number of anilines is 1. The Bertz CT molecular complexity index is 772. The van der Waals surface area contributed by atoms with Gasteiger partial charge < -0.3 is 20.3 Å². The van der Waals surface area contributed by atoms with Crippen LogP contribution in [0.5, 0.6) is 5.75 Å². The maximum atomic E-state index is 12.2. The molecule has 0 atom stereocenters. The fourth-order valence-electron chi connectivity index (χ4n) is 2.70. The Labute approximate surface area is 161 Å². The van der Waals surface area contributed by atoms with Crippen molar-refractivity contribution in [1.29, 1.82) is 0 Å². The highest BCUT2D eigenvalue weighted by atomic mass is 16.5. The van der Waals surface area contributed by atoms with Crippen molar-refractivity contribution in [3.8, 4) is 5.75 Å². The third kappa shape index (κ3) is 6.33. The number of aliphatic imine (C=N–C) groups is 1. The van der Waals surface area contributed by atoms with Gasteiger partial charge in [0.2, 0.25) is 5.91 Å². The van der Waals surface area contributed by atoms with E-state index in [1.54, 1.807) is 14.2 Å². The van der Waals surface area contributed by atoms with E-state index in [0.717, 1.165) is 23.4 Å². The van der Waals surface area contributed by atoms with Crippen LogP contribution in [0.2, 0.25) is 0 Å². The van der Waals surface area contributed by atoms with Crippen molar-refractivity contribution in [2.75, 3.05) is 33.1 Å². The molecule has 0 aliphatic carbocycles. The zero-order valence-corrected chi connectivity index (χ0v) is 16.5. The van der Waals surface area contributed by atoms with Crippen molar-refractivity contribution in [2.45, 2.75) is 19.9 Å². The number of hydrogen-bond donors (Lipinski definition) is 2. The normalized spacial score (nSPS) is 11.0. The minimum Gasteiger partial charge on any atom is -0.497 e. The molecular formula is C21H28N4O2. The molecule has 2 rings (SSSR count). The average Bonchev–Trinajstić information content (AvgIpc) is 2.69. The van der Waals surface area contributed by atoms with Crippen LogP contribution in [-0.4, -0.2) is 44.5 Å². The lowest BCUT2D eigenvalue weighted by Gasteiger charge is -2.22. The second-order valence-electron chi connectivity index (χ2n) is 6.21. The lowest BCUT2D eigenvalue weighted by atomic mass is 10.1. The first-order chi connectivity index (χ1) is 13.0. The largest absolute Gasteiger partial charge is 0.497 e. The lowest BCUT2D eigenvalue weighted by Crippen LogP contribution is -2.42. The zero-order valence-electron chi connectivity index (χ0n) is 16.5. The van der Waals surface area contributed by atoms with Crippen LogP contribution in [0.1, 0.15) is 18.1 Å². The molecule has 0 aliphatic heterocycles. The summed E-state index contributed by atoms with van der Waals surface area (Å²) in [4.78, 5) is 18.4. The van der Waals surface area contributed by atoms with E-state index in [4.69, 9.17) is 4.74 Å². The van der Waals surface area contributed by atoms with Crippen LogP contribution in [0.25, 0.3) is 0 Å². The number of nitrogens with zero attached hydrogens (tertiary/aromatic N) is 2. The number of carbonyl (C=O) groups is 1. The van der Waals surface area contributed by atoms with Crippen LogP contribution in [0.3, 0.4) is 0 Å². The van der Waals surface area contributed by atoms with Gasteiger partial charge in [-0.1, -0.05) is 31.2 Å². The van der Waals surface area contributed by atoms with E-state index in [0.29, 0.717) is 12.5 Å². The fourth-order valence-corrected chi connectivity index (χ4v) is 2.70. The number of ether oxygens (including phenoxy) is 1. The number of hydrogen-bond acceptors (Lipinski definition) is 3. The van der Waals surface area contributed by atoms with Crippen LogP contribution in [0.15, 0.2) is 53.5 Å². The van der Waals surface area contributed by atoms with Gasteiger partial charge >= 0.3 is 0 Å². The highest BCUT2D eigenvalue weighted by Gasteiger charge is 2.09. The molecule has 0 spiro atoms. The lowest BCUT2D eigenvalue weighted by molar-refractivity contribution is -0.115. The molecule has 144 valence electrons. The van der Waals surface area contributed by atoms with E-state index in [2.05, 4.69) is 22.5 Å². The van der Waals surface area contributed by atoms with E-state index in [1.165, 1.54) is 5.56 Å². The molecule has 6 heteroatoms. The number of guanidine groups is 1. The number of rotatable bonds is 7. The van der Waals surface area contributed by atoms with Crippen molar-refractivity contribution in [2.24, 2.45) is 4.99 Å².